The van der Waals surface area contributed by atoms with Crippen molar-refractivity contribution in [1.82, 2.24) is 4.90 Å². The topological polar surface area (TPSA) is 12.5 Å². The lowest BCUT2D eigenvalue weighted by Gasteiger charge is -1.90. The third-order valence-electron chi connectivity index (χ3n) is 0. The summed E-state index contributed by atoms with van der Waals surface area (Å²) in [7, 11) is 6.00. The summed E-state index contributed by atoms with van der Waals surface area (Å²) in [5.41, 5.74) is 0. The van der Waals surface area contributed by atoms with Crippen molar-refractivity contribution in [3.63, 3.8) is 0 Å². The molecular formula is C3H9Br2NO. The first-order valence-electron chi connectivity index (χ1n) is 1.65. The maximum absolute atomic E-state index is 3.88. The summed E-state index contributed by atoms with van der Waals surface area (Å²) >= 11 is 5.12. The summed E-state index contributed by atoms with van der Waals surface area (Å²) in [5, 5.41) is 0. The van der Waals surface area contributed by atoms with Crippen LogP contribution in [-0.4, -0.2) is 26.0 Å². The molecule has 0 unspecified atom stereocenters. The number of rotatable bonds is 0. The van der Waals surface area contributed by atoms with E-state index in [-0.39, 0.29) is 0 Å². The highest BCUT2D eigenvalue weighted by Gasteiger charge is 1.58. The van der Waals surface area contributed by atoms with Gasteiger partial charge in [-0.05, 0) is 21.1 Å². The molecule has 0 aliphatic rings. The predicted molar refractivity (Wildman–Crippen MR) is 38.6 cm³/mol. The minimum atomic E-state index is 2.00. The van der Waals surface area contributed by atoms with Crippen LogP contribution in [0.1, 0.15) is 0 Å². The van der Waals surface area contributed by atoms with Gasteiger partial charge in [0.2, 0.25) is 0 Å². The largest absolute Gasteiger partial charge is 0.312 e. The molecule has 0 amide bonds. The fourth-order valence-electron chi connectivity index (χ4n) is 0. The Morgan fingerprint density at radius 3 is 1.14 bits per heavy atom. The van der Waals surface area contributed by atoms with E-state index in [0.717, 1.165) is 0 Å². The van der Waals surface area contributed by atoms with Crippen LogP contribution in [-0.2, 0) is 2.92 Å². The molecule has 0 aromatic rings. The number of nitrogens with zero attached hydrogens (tertiary/aromatic N) is 1. The normalized spacial score (nSPS) is 7.71. The van der Waals surface area contributed by atoms with Gasteiger partial charge < -0.3 is 4.90 Å². The Morgan fingerprint density at radius 2 is 1.14 bits per heavy atom. The number of halogens is 2. The van der Waals surface area contributed by atoms with E-state index >= 15 is 0 Å². The van der Waals surface area contributed by atoms with Gasteiger partial charge in [-0.2, -0.15) is 0 Å². The molecule has 0 rings (SSSR count). The summed E-state index contributed by atoms with van der Waals surface area (Å²) < 4.78 is 3.88. The van der Waals surface area contributed by atoms with Gasteiger partial charge in [0.25, 0.3) is 0 Å². The van der Waals surface area contributed by atoms with E-state index in [1.165, 1.54) is 0 Å². The van der Waals surface area contributed by atoms with E-state index in [0.29, 0.717) is 0 Å². The van der Waals surface area contributed by atoms with E-state index in [4.69, 9.17) is 0 Å². The second-order valence-corrected chi connectivity index (χ2v) is 2.92. The lowest BCUT2D eigenvalue weighted by atomic mass is 11.0. The summed E-state index contributed by atoms with van der Waals surface area (Å²) in [6, 6.07) is 0. The first-order chi connectivity index (χ1) is 3.15. The first kappa shape index (κ1) is 10.8. The molecule has 0 aliphatic heterocycles. The van der Waals surface area contributed by atoms with Crippen LogP contribution >= 0.6 is 32.5 Å². The van der Waals surface area contributed by atoms with E-state index in [1.807, 2.05) is 26.0 Å². The summed E-state index contributed by atoms with van der Waals surface area (Å²) in [4.78, 5) is 2.00. The van der Waals surface area contributed by atoms with E-state index in [9.17, 15) is 0 Å². The fraction of sp³-hybridized carbons (Fsp3) is 1.00. The number of hydrogen-bond donors (Lipinski definition) is 0. The highest BCUT2D eigenvalue weighted by Crippen LogP contribution is 1.88. The lowest BCUT2D eigenvalue weighted by Crippen LogP contribution is -1.99. The zero-order valence-corrected chi connectivity index (χ0v) is 7.78. The molecule has 46 valence electrons. The Balaban J connectivity index is 0. The minimum Gasteiger partial charge on any atom is -0.312 e. The average molecular weight is 235 g/mol. The molecule has 0 aliphatic carbocycles. The quantitative estimate of drug-likeness (QED) is 0.634. The van der Waals surface area contributed by atoms with Crippen LogP contribution in [0.25, 0.3) is 0 Å². The Hall–Kier alpha value is 0.880. The van der Waals surface area contributed by atoms with Gasteiger partial charge >= 0.3 is 0 Å². The van der Waals surface area contributed by atoms with Gasteiger partial charge in [0.05, 0.1) is 0 Å². The standard InChI is InChI=1S/C3H9N.Br2O/c1-4(2)3;1-3-2/h1-3H3;. The highest BCUT2D eigenvalue weighted by atomic mass is 79.9. The zero-order chi connectivity index (χ0) is 6.28. The molecule has 0 aromatic heterocycles. The molecule has 0 N–H and O–H groups in total. The van der Waals surface area contributed by atoms with Gasteiger partial charge in [-0.15, -0.1) is 0 Å². The molecule has 0 saturated heterocycles. The van der Waals surface area contributed by atoms with Crippen molar-refractivity contribution in [3.05, 3.63) is 0 Å². The fourth-order valence-corrected chi connectivity index (χ4v) is 0. The Kier molecular flexibility index (Phi) is 15.4. The molecule has 0 bridgehead atoms. The van der Waals surface area contributed by atoms with Crippen molar-refractivity contribution >= 4 is 32.5 Å². The Labute approximate surface area is 61.7 Å². The molecule has 0 heterocycles. The van der Waals surface area contributed by atoms with E-state index in [2.05, 4.69) is 35.4 Å². The smallest absolute Gasteiger partial charge is 0.115 e. The zero-order valence-electron chi connectivity index (χ0n) is 4.61. The van der Waals surface area contributed by atoms with Crippen molar-refractivity contribution in [2.75, 3.05) is 21.1 Å². The molecule has 0 saturated carbocycles. The average Bonchev–Trinajstić information content (AvgIpc) is 1.33. The second kappa shape index (κ2) is 9.99. The Morgan fingerprint density at radius 1 is 1.14 bits per heavy atom. The molecule has 0 atom stereocenters. The van der Waals surface area contributed by atoms with E-state index < -0.39 is 0 Å². The SMILES string of the molecule is BrOBr.CN(C)C. The third-order valence-corrected chi connectivity index (χ3v) is 0. The molecule has 7 heavy (non-hydrogen) atoms. The van der Waals surface area contributed by atoms with Crippen LogP contribution in [0.2, 0.25) is 0 Å². The third kappa shape index (κ3) is 212. The van der Waals surface area contributed by atoms with Crippen molar-refractivity contribution in [1.29, 1.82) is 0 Å². The Bertz CT molecular complexity index is 24.1. The van der Waals surface area contributed by atoms with Gasteiger partial charge in [0.15, 0.2) is 0 Å². The minimum absolute atomic E-state index is 2.00. The molecule has 0 fully saturated rings. The van der Waals surface area contributed by atoms with Gasteiger partial charge in [0, 0.05) is 0 Å². The van der Waals surface area contributed by atoms with Crippen molar-refractivity contribution < 1.29 is 2.92 Å². The summed E-state index contributed by atoms with van der Waals surface area (Å²) in [5.74, 6) is 0. The molecular weight excluding hydrogens is 226 g/mol. The molecule has 0 spiro atoms. The van der Waals surface area contributed by atoms with Crippen LogP contribution in [0.3, 0.4) is 0 Å². The van der Waals surface area contributed by atoms with Gasteiger partial charge in [-0.1, -0.05) is 0 Å². The number of hydrogen-bond acceptors (Lipinski definition) is 2. The van der Waals surface area contributed by atoms with Gasteiger partial charge in [-0.25, -0.2) is 2.92 Å². The van der Waals surface area contributed by atoms with Crippen molar-refractivity contribution in [2.45, 2.75) is 0 Å². The first-order valence-corrected chi connectivity index (χ1v) is 2.95. The highest BCUT2D eigenvalue weighted by molar-refractivity contribution is 9.18. The van der Waals surface area contributed by atoms with Crippen LogP contribution in [0.15, 0.2) is 0 Å². The summed E-state index contributed by atoms with van der Waals surface area (Å²) in [6.45, 7) is 0. The predicted octanol–water partition coefficient (Wildman–Crippen LogP) is 1.80. The van der Waals surface area contributed by atoms with Crippen molar-refractivity contribution in [2.24, 2.45) is 0 Å². The van der Waals surface area contributed by atoms with Crippen LogP contribution < -0.4 is 0 Å². The maximum atomic E-state index is 3.88. The monoisotopic (exact) mass is 233 g/mol. The van der Waals surface area contributed by atoms with Crippen LogP contribution in [0.4, 0.5) is 0 Å². The van der Waals surface area contributed by atoms with Gasteiger partial charge in [-0.3, -0.25) is 0 Å². The van der Waals surface area contributed by atoms with Crippen LogP contribution in [0.5, 0.6) is 0 Å². The maximum Gasteiger partial charge on any atom is 0.115 e. The second-order valence-electron chi connectivity index (χ2n) is 1.40. The molecule has 2 nitrogen and oxygen atoms in total. The lowest BCUT2D eigenvalue weighted by molar-refractivity contribution is 0.505. The molecule has 0 aromatic carbocycles. The molecule has 0 radical (unpaired) electrons. The van der Waals surface area contributed by atoms with E-state index in [1.54, 1.807) is 0 Å². The summed E-state index contributed by atoms with van der Waals surface area (Å²) in [6.07, 6.45) is 0. The van der Waals surface area contributed by atoms with Crippen molar-refractivity contribution in [3.8, 4) is 0 Å². The molecule has 4 heteroatoms. The van der Waals surface area contributed by atoms with Gasteiger partial charge in [0.1, 0.15) is 32.5 Å². The van der Waals surface area contributed by atoms with Crippen LogP contribution in [0, 0.1) is 0 Å².